The molecule has 0 aliphatic heterocycles. The first-order chi connectivity index (χ1) is 14.7. The number of aryl methyl sites for hydroxylation is 1. The van der Waals surface area contributed by atoms with Gasteiger partial charge in [-0.3, -0.25) is 0 Å². The summed E-state index contributed by atoms with van der Waals surface area (Å²) in [6.45, 7) is 2.09. The molecule has 6 heteroatoms. The second-order valence-electron chi connectivity index (χ2n) is 7.35. The first-order valence-electron chi connectivity index (χ1n) is 10.7. The molecule has 0 fully saturated rings. The molecule has 160 valence electrons. The van der Waals surface area contributed by atoms with Crippen molar-refractivity contribution in [3.05, 3.63) is 60.0 Å². The summed E-state index contributed by atoms with van der Waals surface area (Å²) in [7, 11) is 0. The van der Waals surface area contributed by atoms with E-state index in [0.29, 0.717) is 5.56 Å². The van der Waals surface area contributed by atoms with Gasteiger partial charge in [-0.05, 0) is 68.8 Å². The molecule has 0 radical (unpaired) electrons. The van der Waals surface area contributed by atoms with Crippen molar-refractivity contribution < 1.29 is 14.3 Å². The highest BCUT2D eigenvalue weighted by molar-refractivity contribution is 7.99. The summed E-state index contributed by atoms with van der Waals surface area (Å²) in [5.74, 6) is 0.948. The highest BCUT2D eigenvalue weighted by Crippen LogP contribution is 2.23. The monoisotopic (exact) mass is 426 g/mol. The fraction of sp³-hybridized carbons (Fsp3) is 0.417. The van der Waals surface area contributed by atoms with Crippen molar-refractivity contribution in [1.29, 1.82) is 0 Å². The fourth-order valence-corrected chi connectivity index (χ4v) is 4.39. The molecule has 0 bridgehead atoms. The van der Waals surface area contributed by atoms with Gasteiger partial charge in [-0.25, -0.2) is 9.78 Å². The Hall–Kier alpha value is -2.31. The molecule has 3 rings (SSSR count). The highest BCUT2D eigenvalue weighted by atomic mass is 32.2. The number of aromatic nitrogens is 1. The summed E-state index contributed by atoms with van der Waals surface area (Å²) in [5, 5.41) is 12.7. The van der Waals surface area contributed by atoms with Gasteiger partial charge in [-0.2, -0.15) is 0 Å². The van der Waals surface area contributed by atoms with Crippen LogP contribution < -0.4 is 5.32 Å². The van der Waals surface area contributed by atoms with E-state index >= 15 is 0 Å². The van der Waals surface area contributed by atoms with Crippen molar-refractivity contribution in [1.82, 2.24) is 10.3 Å². The van der Waals surface area contributed by atoms with E-state index in [1.165, 1.54) is 12.8 Å². The predicted octanol–water partition coefficient (Wildman–Crippen LogP) is 5.79. The lowest BCUT2D eigenvalue weighted by molar-refractivity contribution is 0.0693. The number of oxazole rings is 1. The summed E-state index contributed by atoms with van der Waals surface area (Å²) < 4.78 is 5.75. The molecular weight excluding hydrogens is 396 g/mol. The van der Waals surface area contributed by atoms with Gasteiger partial charge < -0.3 is 14.8 Å². The van der Waals surface area contributed by atoms with Gasteiger partial charge in [0.2, 0.25) is 0 Å². The maximum atomic E-state index is 11.2. The number of nitrogens with zero attached hydrogens (tertiary/aromatic N) is 1. The minimum absolute atomic E-state index is 0.403. The lowest BCUT2D eigenvalue weighted by Gasteiger charge is -2.06. The van der Waals surface area contributed by atoms with Crippen LogP contribution in [0.15, 0.2) is 57.8 Å². The maximum absolute atomic E-state index is 11.2. The maximum Gasteiger partial charge on any atom is 0.336 e. The topological polar surface area (TPSA) is 75.4 Å². The van der Waals surface area contributed by atoms with Crippen molar-refractivity contribution >= 4 is 28.8 Å². The Labute approximate surface area is 182 Å². The van der Waals surface area contributed by atoms with E-state index < -0.39 is 5.97 Å². The molecule has 0 unspecified atom stereocenters. The van der Waals surface area contributed by atoms with Gasteiger partial charge in [0.15, 0.2) is 11.5 Å². The van der Waals surface area contributed by atoms with Crippen molar-refractivity contribution in [3.8, 4) is 0 Å². The van der Waals surface area contributed by atoms with Crippen molar-refractivity contribution in [2.24, 2.45) is 0 Å². The van der Waals surface area contributed by atoms with Gasteiger partial charge in [0, 0.05) is 11.3 Å². The zero-order valence-electron chi connectivity index (χ0n) is 17.3. The molecule has 0 spiro atoms. The molecule has 0 saturated carbocycles. The number of hydrogen-bond acceptors (Lipinski definition) is 5. The van der Waals surface area contributed by atoms with Crippen molar-refractivity contribution in [2.75, 3.05) is 18.8 Å². The quantitative estimate of drug-likeness (QED) is 0.251. The Kier molecular flexibility index (Phi) is 9.25. The van der Waals surface area contributed by atoms with E-state index in [1.54, 1.807) is 23.9 Å². The van der Waals surface area contributed by atoms with Gasteiger partial charge >= 0.3 is 5.97 Å². The number of carboxylic acid groups (broad SMARTS) is 1. The number of unbranched alkanes of at least 4 members (excludes halogenated alkanes) is 4. The Morgan fingerprint density at radius 3 is 2.47 bits per heavy atom. The lowest BCUT2D eigenvalue weighted by atomic mass is 10.2. The van der Waals surface area contributed by atoms with Gasteiger partial charge in [0.25, 0.3) is 0 Å². The van der Waals surface area contributed by atoms with Crippen LogP contribution in [0.2, 0.25) is 0 Å². The van der Waals surface area contributed by atoms with E-state index in [2.05, 4.69) is 10.3 Å². The number of carbonyl (C=O) groups is 1. The minimum atomic E-state index is -0.851. The Morgan fingerprint density at radius 1 is 0.933 bits per heavy atom. The van der Waals surface area contributed by atoms with E-state index in [-0.39, 0.29) is 0 Å². The number of rotatable bonds is 14. The third-order valence-electron chi connectivity index (χ3n) is 4.96. The summed E-state index contributed by atoms with van der Waals surface area (Å²) in [6.07, 6.45) is 7.76. The number of carboxylic acids is 1. The number of para-hydroxylation sites is 2. The van der Waals surface area contributed by atoms with Crippen LogP contribution in [0.25, 0.3) is 11.1 Å². The van der Waals surface area contributed by atoms with Gasteiger partial charge in [-0.15, -0.1) is 11.8 Å². The van der Waals surface area contributed by atoms with E-state index in [9.17, 15) is 9.90 Å². The second-order valence-corrected chi connectivity index (χ2v) is 8.48. The zero-order chi connectivity index (χ0) is 21.0. The van der Waals surface area contributed by atoms with Gasteiger partial charge in [-0.1, -0.05) is 37.1 Å². The van der Waals surface area contributed by atoms with E-state index in [4.69, 9.17) is 4.42 Å². The van der Waals surface area contributed by atoms with Crippen LogP contribution in [0.3, 0.4) is 0 Å². The fourth-order valence-electron chi connectivity index (χ4n) is 3.34. The summed E-state index contributed by atoms with van der Waals surface area (Å²) in [4.78, 5) is 16.6. The molecule has 3 aromatic rings. The van der Waals surface area contributed by atoms with Gasteiger partial charge in [0.05, 0.1) is 5.56 Å². The molecule has 1 heterocycles. The number of benzene rings is 2. The number of nitrogens with one attached hydrogen (secondary N) is 1. The van der Waals surface area contributed by atoms with Crippen LogP contribution in [-0.4, -0.2) is 34.9 Å². The first-order valence-corrected chi connectivity index (χ1v) is 11.7. The first kappa shape index (κ1) is 22.4. The third kappa shape index (κ3) is 7.18. The molecule has 0 atom stereocenters. The van der Waals surface area contributed by atoms with Crippen LogP contribution in [-0.2, 0) is 6.42 Å². The average molecular weight is 427 g/mol. The predicted molar refractivity (Wildman–Crippen MR) is 122 cm³/mol. The molecule has 2 aromatic carbocycles. The molecular formula is C24H30N2O3S. The van der Waals surface area contributed by atoms with Gasteiger partial charge in [0.1, 0.15) is 5.52 Å². The Bertz CT molecular complexity index is 892. The van der Waals surface area contributed by atoms with Crippen LogP contribution in [0, 0.1) is 0 Å². The van der Waals surface area contributed by atoms with E-state index in [0.717, 1.165) is 72.8 Å². The van der Waals surface area contributed by atoms with Crippen LogP contribution in [0.5, 0.6) is 0 Å². The number of hydrogen-bond donors (Lipinski definition) is 2. The molecule has 5 nitrogen and oxygen atoms in total. The van der Waals surface area contributed by atoms with Crippen molar-refractivity contribution in [3.63, 3.8) is 0 Å². The van der Waals surface area contributed by atoms with E-state index in [1.807, 2.05) is 36.4 Å². The van der Waals surface area contributed by atoms with Crippen LogP contribution in [0.4, 0.5) is 0 Å². The zero-order valence-corrected chi connectivity index (χ0v) is 18.1. The largest absolute Gasteiger partial charge is 0.478 e. The second kappa shape index (κ2) is 12.4. The Balaban J connectivity index is 1.15. The normalized spacial score (nSPS) is 11.2. The minimum Gasteiger partial charge on any atom is -0.478 e. The summed E-state index contributed by atoms with van der Waals surface area (Å²) >= 11 is 1.64. The molecule has 0 saturated heterocycles. The SMILES string of the molecule is O=C(O)c1ccccc1SCCCCCNCCCCCc1nc2ccccc2o1. The number of fused-ring (bicyclic) bond motifs is 1. The smallest absolute Gasteiger partial charge is 0.336 e. The molecule has 2 N–H and O–H groups in total. The summed E-state index contributed by atoms with van der Waals surface area (Å²) in [5.41, 5.74) is 2.22. The van der Waals surface area contributed by atoms with Crippen LogP contribution >= 0.6 is 11.8 Å². The van der Waals surface area contributed by atoms with Crippen molar-refractivity contribution in [2.45, 2.75) is 49.8 Å². The average Bonchev–Trinajstić information content (AvgIpc) is 3.17. The molecule has 1 aromatic heterocycles. The number of aromatic carboxylic acids is 1. The lowest BCUT2D eigenvalue weighted by Crippen LogP contribution is -2.16. The standard InChI is InChI=1S/C24H30N2O3S/c27-24(28)19-11-4-7-14-22(19)30-18-10-2-9-17-25-16-8-1-3-15-23-26-20-12-5-6-13-21(20)29-23/h4-7,11-14,25H,1-3,8-10,15-18H2,(H,27,28). The Morgan fingerprint density at radius 2 is 1.67 bits per heavy atom. The molecule has 0 amide bonds. The molecule has 0 aliphatic carbocycles. The van der Waals surface area contributed by atoms with Crippen LogP contribution in [0.1, 0.15) is 54.8 Å². The highest BCUT2D eigenvalue weighted by Gasteiger charge is 2.08. The molecule has 0 aliphatic rings. The third-order valence-corrected chi connectivity index (χ3v) is 6.12. The number of thioether (sulfide) groups is 1. The summed E-state index contributed by atoms with van der Waals surface area (Å²) in [6, 6.07) is 15.1. The molecule has 30 heavy (non-hydrogen) atoms.